The van der Waals surface area contributed by atoms with E-state index in [-0.39, 0.29) is 11.7 Å². The molecule has 1 atom stereocenters. The van der Waals surface area contributed by atoms with Crippen molar-refractivity contribution in [3.63, 3.8) is 0 Å². The minimum absolute atomic E-state index is 0.131. The first-order valence-electron chi connectivity index (χ1n) is 5.12. The number of hydrogen-bond acceptors (Lipinski definition) is 2. The van der Waals surface area contributed by atoms with Gasteiger partial charge in [-0.1, -0.05) is 20.8 Å². The van der Waals surface area contributed by atoms with Crippen molar-refractivity contribution in [2.75, 3.05) is 0 Å². The van der Waals surface area contributed by atoms with Gasteiger partial charge in [0.15, 0.2) is 5.78 Å². The molecular weight excluding hydrogens is 176 g/mol. The van der Waals surface area contributed by atoms with E-state index in [2.05, 4.69) is 18.9 Å². The van der Waals surface area contributed by atoms with Crippen LogP contribution in [0.1, 0.15) is 48.4 Å². The Hall–Kier alpha value is -1.12. The van der Waals surface area contributed by atoms with Gasteiger partial charge in [-0.25, -0.2) is 0 Å². The molecule has 3 heteroatoms. The minimum atomic E-state index is 0.131. The molecule has 0 N–H and O–H groups in total. The highest BCUT2D eigenvalue weighted by Crippen LogP contribution is 2.31. The lowest BCUT2D eigenvalue weighted by Gasteiger charge is -2.08. The summed E-state index contributed by atoms with van der Waals surface area (Å²) in [5, 5.41) is 4.41. The maximum Gasteiger partial charge on any atom is 0.169 e. The molecule has 1 heterocycles. The molecular formula is C11H16N2O. The Morgan fingerprint density at radius 2 is 2.14 bits per heavy atom. The van der Waals surface area contributed by atoms with Crippen LogP contribution in [0.4, 0.5) is 0 Å². The number of fused-ring (bicyclic) bond motifs is 1. The molecule has 0 radical (unpaired) electrons. The third kappa shape index (κ3) is 1.11. The first-order chi connectivity index (χ1) is 6.52. The topological polar surface area (TPSA) is 34.9 Å². The van der Waals surface area contributed by atoms with E-state index in [0.717, 1.165) is 23.4 Å². The van der Waals surface area contributed by atoms with Gasteiger partial charge >= 0.3 is 0 Å². The van der Waals surface area contributed by atoms with Gasteiger partial charge in [0.2, 0.25) is 0 Å². The normalized spacial score (nSPS) is 20.6. The Morgan fingerprint density at radius 3 is 2.71 bits per heavy atom. The summed E-state index contributed by atoms with van der Waals surface area (Å²) in [6.45, 7) is 6.19. The molecule has 0 amide bonds. The van der Waals surface area contributed by atoms with Crippen LogP contribution >= 0.6 is 0 Å². The molecule has 2 rings (SSSR count). The van der Waals surface area contributed by atoms with Crippen molar-refractivity contribution in [1.82, 2.24) is 9.78 Å². The molecule has 14 heavy (non-hydrogen) atoms. The fourth-order valence-electron chi connectivity index (χ4n) is 2.30. The van der Waals surface area contributed by atoms with Crippen LogP contribution in [0.3, 0.4) is 0 Å². The van der Waals surface area contributed by atoms with Crippen LogP contribution in [-0.2, 0) is 13.5 Å². The van der Waals surface area contributed by atoms with Crippen molar-refractivity contribution >= 4 is 5.78 Å². The highest BCUT2D eigenvalue weighted by Gasteiger charge is 2.34. The number of nitrogens with zero attached hydrogens (tertiary/aromatic N) is 2. The van der Waals surface area contributed by atoms with Gasteiger partial charge in [0.25, 0.3) is 0 Å². The van der Waals surface area contributed by atoms with Crippen molar-refractivity contribution in [3.05, 3.63) is 17.0 Å². The predicted octanol–water partition coefficient (Wildman–Crippen LogP) is 1.92. The smallest absolute Gasteiger partial charge is 0.169 e. The van der Waals surface area contributed by atoms with E-state index in [4.69, 9.17) is 0 Å². The number of rotatable bonds is 1. The summed E-state index contributed by atoms with van der Waals surface area (Å²) < 4.78 is 1.86. The SMILES string of the molecule is CC1Cc2nn(C)c(C(C)C)c2C1=O. The van der Waals surface area contributed by atoms with Crippen LogP contribution in [0.15, 0.2) is 0 Å². The fourth-order valence-corrected chi connectivity index (χ4v) is 2.30. The molecule has 0 bridgehead atoms. The van der Waals surface area contributed by atoms with Crippen LogP contribution in [0.2, 0.25) is 0 Å². The van der Waals surface area contributed by atoms with E-state index in [1.807, 2.05) is 18.7 Å². The predicted molar refractivity (Wildman–Crippen MR) is 54.5 cm³/mol. The number of aryl methyl sites for hydroxylation is 1. The van der Waals surface area contributed by atoms with Crippen molar-refractivity contribution in [2.24, 2.45) is 13.0 Å². The molecule has 1 aromatic rings. The Bertz CT molecular complexity index is 390. The van der Waals surface area contributed by atoms with Gasteiger partial charge in [0.05, 0.1) is 17.0 Å². The van der Waals surface area contributed by atoms with Crippen LogP contribution in [0.5, 0.6) is 0 Å². The maximum atomic E-state index is 11.9. The molecule has 3 nitrogen and oxygen atoms in total. The maximum absolute atomic E-state index is 11.9. The number of carbonyl (C=O) groups excluding carboxylic acids is 1. The van der Waals surface area contributed by atoms with E-state index in [0.29, 0.717) is 5.92 Å². The molecule has 1 aromatic heterocycles. The van der Waals surface area contributed by atoms with Gasteiger partial charge in [0.1, 0.15) is 0 Å². The second-order valence-corrected chi connectivity index (χ2v) is 4.45. The molecule has 1 aliphatic carbocycles. The molecule has 0 aliphatic heterocycles. The summed E-state index contributed by atoms with van der Waals surface area (Å²) in [6.07, 6.45) is 0.814. The van der Waals surface area contributed by atoms with Gasteiger partial charge in [-0.15, -0.1) is 0 Å². The number of aromatic nitrogens is 2. The van der Waals surface area contributed by atoms with Crippen molar-refractivity contribution in [2.45, 2.75) is 33.1 Å². The van der Waals surface area contributed by atoms with Crippen molar-refractivity contribution in [1.29, 1.82) is 0 Å². The average molecular weight is 192 g/mol. The fraction of sp³-hybridized carbons (Fsp3) is 0.636. The van der Waals surface area contributed by atoms with E-state index >= 15 is 0 Å². The van der Waals surface area contributed by atoms with E-state index in [1.165, 1.54) is 0 Å². The number of Topliss-reactive ketones (excluding diaryl/α,β-unsaturated/α-hetero) is 1. The largest absolute Gasteiger partial charge is 0.294 e. The molecule has 1 aliphatic rings. The summed E-state index contributed by atoms with van der Waals surface area (Å²) in [5.41, 5.74) is 2.98. The lowest BCUT2D eigenvalue weighted by Crippen LogP contribution is -2.10. The summed E-state index contributed by atoms with van der Waals surface area (Å²) in [7, 11) is 1.92. The van der Waals surface area contributed by atoms with Crippen LogP contribution < -0.4 is 0 Å². The lowest BCUT2D eigenvalue weighted by atomic mass is 10.0. The van der Waals surface area contributed by atoms with Crippen molar-refractivity contribution in [3.8, 4) is 0 Å². The molecule has 0 aromatic carbocycles. The number of ketones is 1. The standard InChI is InChI=1S/C11H16N2O/c1-6(2)10-9-8(12-13(10)4)5-7(3)11(9)14/h6-7H,5H2,1-4H3. The number of carbonyl (C=O) groups is 1. The molecule has 1 unspecified atom stereocenters. The summed E-state index contributed by atoms with van der Waals surface area (Å²) in [4.78, 5) is 11.9. The third-order valence-electron chi connectivity index (χ3n) is 2.90. The van der Waals surface area contributed by atoms with Crippen LogP contribution in [0, 0.1) is 5.92 Å². The van der Waals surface area contributed by atoms with Gasteiger partial charge in [-0.05, 0) is 5.92 Å². The van der Waals surface area contributed by atoms with Crippen LogP contribution in [-0.4, -0.2) is 15.6 Å². The summed E-state index contributed by atoms with van der Waals surface area (Å²) in [6, 6.07) is 0. The van der Waals surface area contributed by atoms with Gasteiger partial charge < -0.3 is 0 Å². The zero-order valence-corrected chi connectivity index (χ0v) is 9.16. The average Bonchev–Trinajstić information content (AvgIpc) is 2.51. The minimum Gasteiger partial charge on any atom is -0.294 e. The lowest BCUT2D eigenvalue weighted by molar-refractivity contribution is 0.0944. The molecule has 0 saturated heterocycles. The second kappa shape index (κ2) is 2.94. The summed E-state index contributed by atoms with van der Waals surface area (Å²) in [5.74, 6) is 0.772. The Labute approximate surface area is 84.1 Å². The van der Waals surface area contributed by atoms with Gasteiger partial charge in [0, 0.05) is 19.4 Å². The van der Waals surface area contributed by atoms with E-state index in [1.54, 1.807) is 0 Å². The molecule has 0 fully saturated rings. The first kappa shape index (κ1) is 9.44. The number of hydrogen-bond donors (Lipinski definition) is 0. The Morgan fingerprint density at radius 1 is 1.50 bits per heavy atom. The molecule has 0 spiro atoms. The summed E-state index contributed by atoms with van der Waals surface area (Å²) >= 11 is 0. The van der Waals surface area contributed by atoms with Gasteiger partial charge in [-0.3, -0.25) is 9.48 Å². The van der Waals surface area contributed by atoms with Crippen LogP contribution in [0.25, 0.3) is 0 Å². The third-order valence-corrected chi connectivity index (χ3v) is 2.90. The van der Waals surface area contributed by atoms with E-state index in [9.17, 15) is 4.79 Å². The first-order valence-corrected chi connectivity index (χ1v) is 5.12. The molecule has 0 saturated carbocycles. The Kier molecular flexibility index (Phi) is 1.98. The highest BCUT2D eigenvalue weighted by molar-refractivity contribution is 6.02. The van der Waals surface area contributed by atoms with Crippen molar-refractivity contribution < 1.29 is 4.79 Å². The van der Waals surface area contributed by atoms with E-state index < -0.39 is 0 Å². The second-order valence-electron chi connectivity index (χ2n) is 4.45. The zero-order valence-electron chi connectivity index (χ0n) is 9.16. The zero-order chi connectivity index (χ0) is 10.5. The Balaban J connectivity index is 2.59. The monoisotopic (exact) mass is 192 g/mol. The van der Waals surface area contributed by atoms with Gasteiger partial charge in [-0.2, -0.15) is 5.10 Å². The quantitative estimate of drug-likeness (QED) is 0.681. The molecule has 76 valence electrons. The highest BCUT2D eigenvalue weighted by atomic mass is 16.1.